The van der Waals surface area contributed by atoms with Crippen LogP contribution < -0.4 is 5.73 Å². The third-order valence-electron chi connectivity index (χ3n) is 2.69. The fourth-order valence-electron chi connectivity index (χ4n) is 1.90. The van der Waals surface area contributed by atoms with Crippen LogP contribution >= 0.6 is 15.9 Å². The summed E-state index contributed by atoms with van der Waals surface area (Å²) in [7, 11) is 0. The van der Waals surface area contributed by atoms with Crippen LogP contribution in [0, 0.1) is 5.82 Å². The van der Waals surface area contributed by atoms with Gasteiger partial charge < -0.3 is 10.8 Å². The van der Waals surface area contributed by atoms with E-state index in [1.165, 1.54) is 6.07 Å². The topological polar surface area (TPSA) is 46.2 Å². The number of fused-ring (bicyclic) bond motifs is 1. The Morgan fingerprint density at radius 1 is 1.43 bits per heavy atom. The van der Waals surface area contributed by atoms with E-state index in [9.17, 15) is 4.39 Å². The summed E-state index contributed by atoms with van der Waals surface area (Å²) in [5, 5.41) is 9.12. The molecule has 0 bridgehead atoms. The minimum atomic E-state index is -0.687. The third-order valence-corrected chi connectivity index (χ3v) is 3.43. The average molecular weight is 260 g/mol. The number of hydrogen-bond donors (Lipinski definition) is 2. The van der Waals surface area contributed by atoms with Crippen molar-refractivity contribution in [3.05, 3.63) is 33.5 Å². The van der Waals surface area contributed by atoms with Crippen LogP contribution in [0.2, 0.25) is 0 Å². The van der Waals surface area contributed by atoms with Crippen molar-refractivity contribution in [3.8, 4) is 0 Å². The maximum Gasteiger partial charge on any atom is 0.126 e. The van der Waals surface area contributed by atoms with Crippen LogP contribution in [0.1, 0.15) is 11.1 Å². The van der Waals surface area contributed by atoms with Crippen molar-refractivity contribution < 1.29 is 9.50 Å². The highest BCUT2D eigenvalue weighted by Crippen LogP contribution is 2.34. The predicted octanol–water partition coefficient (Wildman–Crippen LogP) is 1.38. The van der Waals surface area contributed by atoms with Gasteiger partial charge in [0.15, 0.2) is 0 Å². The summed E-state index contributed by atoms with van der Waals surface area (Å²) in [6.45, 7) is -0.117. The zero-order valence-electron chi connectivity index (χ0n) is 7.56. The van der Waals surface area contributed by atoms with Crippen molar-refractivity contribution >= 4 is 15.9 Å². The van der Waals surface area contributed by atoms with Crippen LogP contribution in [0.3, 0.4) is 0 Å². The zero-order chi connectivity index (χ0) is 10.3. The Hall–Kier alpha value is -0.450. The second-order valence-corrected chi connectivity index (χ2v) is 4.71. The first-order chi connectivity index (χ1) is 6.56. The van der Waals surface area contributed by atoms with E-state index in [4.69, 9.17) is 10.8 Å². The maximum absolute atomic E-state index is 13.4. The Labute approximate surface area is 90.1 Å². The molecule has 76 valence electrons. The molecular weight excluding hydrogens is 249 g/mol. The van der Waals surface area contributed by atoms with Crippen LogP contribution in [-0.2, 0) is 12.8 Å². The highest BCUT2D eigenvalue weighted by atomic mass is 79.9. The Morgan fingerprint density at radius 2 is 2.07 bits per heavy atom. The van der Waals surface area contributed by atoms with Crippen LogP contribution in [0.15, 0.2) is 16.6 Å². The second kappa shape index (κ2) is 3.29. The molecule has 1 aromatic rings. The van der Waals surface area contributed by atoms with Gasteiger partial charge in [0.2, 0.25) is 0 Å². The molecule has 0 heterocycles. The molecule has 1 unspecified atom stereocenters. The third kappa shape index (κ3) is 1.47. The van der Waals surface area contributed by atoms with E-state index < -0.39 is 5.54 Å². The standard InChI is InChI=1S/C10H11BrFNO/c11-8-1-2-9(12)7-4-10(13,5-14)3-6(7)8/h1-2,14H,3-5,13H2. The van der Waals surface area contributed by atoms with E-state index in [0.717, 1.165) is 10.0 Å². The molecule has 3 N–H and O–H groups in total. The number of rotatable bonds is 1. The van der Waals surface area contributed by atoms with Crippen LogP contribution in [0.5, 0.6) is 0 Å². The van der Waals surface area contributed by atoms with E-state index in [2.05, 4.69) is 15.9 Å². The smallest absolute Gasteiger partial charge is 0.126 e. The number of aliphatic hydroxyl groups excluding tert-OH is 1. The summed E-state index contributed by atoms with van der Waals surface area (Å²) in [6.07, 6.45) is 0.932. The van der Waals surface area contributed by atoms with Crippen molar-refractivity contribution in [1.29, 1.82) is 0 Å². The lowest BCUT2D eigenvalue weighted by Crippen LogP contribution is -2.44. The van der Waals surface area contributed by atoms with Gasteiger partial charge in [-0.1, -0.05) is 15.9 Å². The minimum Gasteiger partial charge on any atom is -0.394 e. The molecule has 4 heteroatoms. The lowest BCUT2D eigenvalue weighted by molar-refractivity contribution is 0.202. The summed E-state index contributed by atoms with van der Waals surface area (Å²) in [5.74, 6) is -0.232. The molecule has 0 fully saturated rings. The van der Waals surface area contributed by atoms with Gasteiger partial charge in [-0.3, -0.25) is 0 Å². The molecule has 0 aliphatic heterocycles. The first kappa shape index (κ1) is 10.1. The van der Waals surface area contributed by atoms with Gasteiger partial charge in [0.05, 0.1) is 6.61 Å². The van der Waals surface area contributed by atoms with Gasteiger partial charge >= 0.3 is 0 Å². The van der Waals surface area contributed by atoms with Crippen LogP contribution in [0.4, 0.5) is 4.39 Å². The normalized spacial score (nSPS) is 25.1. The molecular formula is C10H11BrFNO. The Bertz CT molecular complexity index is 350. The Balaban J connectivity index is 2.48. The molecule has 1 aliphatic carbocycles. The molecule has 0 amide bonds. The van der Waals surface area contributed by atoms with Crippen molar-refractivity contribution in [3.63, 3.8) is 0 Å². The summed E-state index contributed by atoms with van der Waals surface area (Å²) >= 11 is 3.36. The average Bonchev–Trinajstić information content (AvgIpc) is 2.52. The quantitative estimate of drug-likeness (QED) is 0.801. The van der Waals surface area contributed by atoms with Gasteiger partial charge in [0, 0.05) is 10.0 Å². The largest absolute Gasteiger partial charge is 0.394 e. The van der Waals surface area contributed by atoms with Gasteiger partial charge in [0.25, 0.3) is 0 Å². The monoisotopic (exact) mass is 259 g/mol. The van der Waals surface area contributed by atoms with Gasteiger partial charge in [-0.25, -0.2) is 4.39 Å². The Morgan fingerprint density at radius 3 is 2.64 bits per heavy atom. The Kier molecular flexibility index (Phi) is 2.37. The number of hydrogen-bond acceptors (Lipinski definition) is 2. The van der Waals surface area contributed by atoms with Crippen molar-refractivity contribution in [1.82, 2.24) is 0 Å². The molecule has 0 aromatic heterocycles. The highest BCUT2D eigenvalue weighted by Gasteiger charge is 2.35. The highest BCUT2D eigenvalue weighted by molar-refractivity contribution is 9.10. The van der Waals surface area contributed by atoms with Gasteiger partial charge in [-0.05, 0) is 36.1 Å². The number of nitrogens with two attached hydrogens (primary N) is 1. The number of benzene rings is 1. The molecule has 1 atom stereocenters. The number of aliphatic hydroxyl groups is 1. The molecule has 2 nitrogen and oxygen atoms in total. The summed E-state index contributed by atoms with van der Waals surface area (Å²) in [6, 6.07) is 3.10. The molecule has 0 radical (unpaired) electrons. The van der Waals surface area contributed by atoms with E-state index in [0.29, 0.717) is 18.4 Å². The van der Waals surface area contributed by atoms with Crippen molar-refractivity contribution in [2.24, 2.45) is 5.73 Å². The molecule has 14 heavy (non-hydrogen) atoms. The summed E-state index contributed by atoms with van der Waals surface area (Å²) in [4.78, 5) is 0. The molecule has 2 rings (SSSR count). The zero-order valence-corrected chi connectivity index (χ0v) is 9.14. The minimum absolute atomic E-state index is 0.117. The lowest BCUT2D eigenvalue weighted by Gasteiger charge is -2.19. The van der Waals surface area contributed by atoms with Gasteiger partial charge in [-0.2, -0.15) is 0 Å². The molecule has 1 aromatic carbocycles. The van der Waals surface area contributed by atoms with Gasteiger partial charge in [-0.15, -0.1) is 0 Å². The van der Waals surface area contributed by atoms with Crippen LogP contribution in [0.25, 0.3) is 0 Å². The lowest BCUT2D eigenvalue weighted by atomic mass is 9.99. The summed E-state index contributed by atoms with van der Waals surface area (Å²) in [5.41, 5.74) is 6.75. The van der Waals surface area contributed by atoms with E-state index in [-0.39, 0.29) is 12.4 Å². The van der Waals surface area contributed by atoms with E-state index in [1.807, 2.05) is 0 Å². The SMILES string of the molecule is NC1(CO)Cc2c(F)ccc(Br)c2C1. The molecule has 0 saturated carbocycles. The number of halogens is 2. The fraction of sp³-hybridized carbons (Fsp3) is 0.400. The van der Waals surface area contributed by atoms with Crippen molar-refractivity contribution in [2.75, 3.05) is 6.61 Å². The first-order valence-corrected chi connectivity index (χ1v) is 5.20. The van der Waals surface area contributed by atoms with E-state index >= 15 is 0 Å². The fourth-order valence-corrected chi connectivity index (χ4v) is 2.41. The maximum atomic E-state index is 13.4. The molecule has 0 saturated heterocycles. The summed E-state index contributed by atoms with van der Waals surface area (Å²) < 4.78 is 14.3. The van der Waals surface area contributed by atoms with E-state index in [1.54, 1.807) is 6.07 Å². The first-order valence-electron chi connectivity index (χ1n) is 4.41. The molecule has 0 spiro atoms. The predicted molar refractivity (Wildman–Crippen MR) is 55.5 cm³/mol. The molecule has 1 aliphatic rings. The second-order valence-electron chi connectivity index (χ2n) is 3.86. The van der Waals surface area contributed by atoms with Crippen molar-refractivity contribution in [2.45, 2.75) is 18.4 Å². The van der Waals surface area contributed by atoms with Gasteiger partial charge in [0.1, 0.15) is 5.82 Å². The van der Waals surface area contributed by atoms with Crippen LogP contribution in [-0.4, -0.2) is 17.3 Å².